The smallest absolute Gasteiger partial charge is 0.407 e. The molecule has 2 amide bonds. The lowest BCUT2D eigenvalue weighted by molar-refractivity contribution is -0.385. The van der Waals surface area contributed by atoms with Crippen LogP contribution >= 0.6 is 0 Å². The fraction of sp³-hybridized carbons (Fsp3) is 0.812. The molecule has 0 spiro atoms. The number of hydrogen-bond acceptors (Lipinski definition) is 23. The molecule has 1 aromatic rings. The third-order valence-electron chi connectivity index (χ3n) is 9.42. The highest BCUT2D eigenvalue weighted by atomic mass is 16.6. The number of carboxylic acids is 1. The van der Waals surface area contributed by atoms with Crippen molar-refractivity contribution in [2.24, 2.45) is 0 Å². The molecule has 0 bridgehead atoms. The maximum absolute atomic E-state index is 12.2. The molecule has 0 fully saturated rings. The Balaban J connectivity index is 1.72. The molecular weight excluding hydrogens is 1000 g/mol. The summed E-state index contributed by atoms with van der Waals surface area (Å²) in [6.07, 6.45) is -1.01. The van der Waals surface area contributed by atoms with E-state index in [-0.39, 0.29) is 66.8 Å². The zero-order chi connectivity index (χ0) is 54.7. The summed E-state index contributed by atoms with van der Waals surface area (Å²) in [7, 11) is 2.77. The fourth-order valence-corrected chi connectivity index (χ4v) is 5.73. The number of carboxylic acid groups (broad SMARTS) is 1. The van der Waals surface area contributed by atoms with E-state index in [4.69, 9.17) is 90.4 Å². The van der Waals surface area contributed by atoms with Crippen LogP contribution in [0.4, 0.5) is 10.5 Å². The second-order valence-corrected chi connectivity index (χ2v) is 15.7. The highest BCUT2D eigenvalue weighted by molar-refractivity contribution is 5.80. The van der Waals surface area contributed by atoms with Gasteiger partial charge in [0.1, 0.15) is 6.61 Å². The van der Waals surface area contributed by atoms with Crippen LogP contribution < -0.4 is 20.1 Å². The summed E-state index contributed by atoms with van der Waals surface area (Å²) in [6, 6.07) is 2.01. The van der Waals surface area contributed by atoms with Crippen molar-refractivity contribution in [1.29, 1.82) is 0 Å². The number of nitro groups is 1. The number of hydrogen-bond donors (Lipinski definition) is 3. The summed E-state index contributed by atoms with van der Waals surface area (Å²) in [5.41, 5.74) is -0.104. The van der Waals surface area contributed by atoms with E-state index in [0.717, 1.165) is 0 Å². The van der Waals surface area contributed by atoms with Crippen molar-refractivity contribution in [3.05, 3.63) is 27.8 Å². The lowest BCUT2D eigenvalue weighted by atomic mass is 10.1. The maximum Gasteiger partial charge on any atom is 0.407 e. The highest BCUT2D eigenvalue weighted by Gasteiger charge is 2.21. The standard InChI is InChI=1S/C48H85N3O24/c1-40(49-46(52)5-6-47(53)54)37-73-33-31-71-29-27-69-25-23-67-21-19-65-17-15-63-13-11-61-9-7-60-8-10-62-12-14-64-16-18-66-20-22-68-24-26-70-28-30-72-32-34-74-38-41(2)50-48(55)75-39-42-35-44(58-3)45(59-4)36-43(42)51(56)57/h35-36,40-41H,5-34,37-39H2,1-4H3,(H,49,52)(H,50,55)(H,53,54). The van der Waals surface area contributed by atoms with E-state index in [1.807, 2.05) is 0 Å². The molecule has 3 N–H and O–H groups in total. The van der Waals surface area contributed by atoms with Gasteiger partial charge in [-0.2, -0.15) is 0 Å². The molecule has 0 aliphatic rings. The van der Waals surface area contributed by atoms with Crippen LogP contribution in [0.25, 0.3) is 0 Å². The summed E-state index contributed by atoms with van der Waals surface area (Å²) in [5, 5.41) is 25.4. The molecule has 2 atom stereocenters. The quantitative estimate of drug-likeness (QED) is 0.0476. The Morgan fingerprint density at radius 2 is 0.747 bits per heavy atom. The van der Waals surface area contributed by atoms with Gasteiger partial charge in [0.2, 0.25) is 5.91 Å². The van der Waals surface area contributed by atoms with Crippen molar-refractivity contribution >= 4 is 23.7 Å². The summed E-state index contributed by atoms with van der Waals surface area (Å²) in [6.45, 7) is 15.7. The topological polar surface area (TPSA) is 305 Å². The molecule has 0 heterocycles. The van der Waals surface area contributed by atoms with E-state index in [1.54, 1.807) is 13.8 Å². The highest BCUT2D eigenvalue weighted by Crippen LogP contribution is 2.34. The van der Waals surface area contributed by atoms with Crippen LogP contribution in [0.15, 0.2) is 12.1 Å². The third-order valence-corrected chi connectivity index (χ3v) is 9.42. The number of methoxy groups -OCH3 is 2. The van der Waals surface area contributed by atoms with E-state index in [1.165, 1.54) is 26.4 Å². The fourth-order valence-electron chi connectivity index (χ4n) is 5.73. The van der Waals surface area contributed by atoms with Crippen LogP contribution in [0.3, 0.4) is 0 Å². The van der Waals surface area contributed by atoms with Gasteiger partial charge in [-0.05, 0) is 19.9 Å². The number of rotatable bonds is 56. The van der Waals surface area contributed by atoms with E-state index in [2.05, 4.69) is 10.6 Å². The SMILES string of the molecule is COc1cc(COC(=O)NC(C)COCCOCCOCCOCCOCCOCCOCCOCCOCCOCCOCCOCCOCCOCCOCC(C)NC(=O)CCC(=O)O)c([N+](=O)[O-])cc1OC. The minimum atomic E-state index is -1.01. The first-order chi connectivity index (χ1) is 36.6. The molecule has 436 valence electrons. The first-order valence-electron chi connectivity index (χ1n) is 25.1. The number of nitrogens with zero attached hydrogens (tertiary/aromatic N) is 1. The van der Waals surface area contributed by atoms with Crippen molar-refractivity contribution in [1.82, 2.24) is 10.6 Å². The molecular formula is C48H85N3O24. The maximum atomic E-state index is 12.2. The molecule has 27 heteroatoms. The van der Waals surface area contributed by atoms with E-state index < -0.39 is 17.0 Å². The lowest BCUT2D eigenvalue weighted by Crippen LogP contribution is -2.36. The second kappa shape index (κ2) is 50.6. The van der Waals surface area contributed by atoms with Crippen LogP contribution in [0.2, 0.25) is 0 Å². The van der Waals surface area contributed by atoms with Crippen molar-refractivity contribution in [2.75, 3.05) is 212 Å². The van der Waals surface area contributed by atoms with Crippen LogP contribution in [-0.2, 0) is 92.0 Å². The van der Waals surface area contributed by atoms with Gasteiger partial charge in [-0.15, -0.1) is 0 Å². The Kier molecular flexibility index (Phi) is 46.5. The Morgan fingerprint density at radius 1 is 0.467 bits per heavy atom. The average molecular weight is 1090 g/mol. The molecule has 0 aliphatic carbocycles. The molecule has 0 aliphatic heterocycles. The van der Waals surface area contributed by atoms with Gasteiger partial charge in [0.05, 0.1) is 241 Å². The van der Waals surface area contributed by atoms with Gasteiger partial charge >= 0.3 is 12.1 Å². The van der Waals surface area contributed by atoms with Crippen LogP contribution in [0.1, 0.15) is 32.3 Å². The molecule has 0 saturated heterocycles. The molecule has 27 nitrogen and oxygen atoms in total. The largest absolute Gasteiger partial charge is 0.493 e. The average Bonchev–Trinajstić information content (AvgIpc) is 3.39. The van der Waals surface area contributed by atoms with Crippen LogP contribution in [0, 0.1) is 10.1 Å². The predicted molar refractivity (Wildman–Crippen MR) is 266 cm³/mol. The molecule has 0 radical (unpaired) electrons. The minimum absolute atomic E-state index is 0.0555. The summed E-state index contributed by atoms with van der Waals surface area (Å²) in [5.74, 6) is -0.855. The number of aliphatic carboxylic acids is 1. The van der Waals surface area contributed by atoms with Crippen molar-refractivity contribution < 1.29 is 110 Å². The molecule has 1 aromatic carbocycles. The summed E-state index contributed by atoms with van der Waals surface area (Å²) >= 11 is 0. The summed E-state index contributed by atoms with van der Waals surface area (Å²) in [4.78, 5) is 45.2. The number of ether oxygens (including phenoxy) is 18. The Morgan fingerprint density at radius 3 is 1.03 bits per heavy atom. The summed E-state index contributed by atoms with van der Waals surface area (Å²) < 4.78 is 97.8. The van der Waals surface area contributed by atoms with Gasteiger partial charge in [-0.3, -0.25) is 19.7 Å². The first-order valence-corrected chi connectivity index (χ1v) is 25.1. The number of benzene rings is 1. The van der Waals surface area contributed by atoms with E-state index >= 15 is 0 Å². The predicted octanol–water partition coefficient (Wildman–Crippen LogP) is 1.85. The number of nitrogens with one attached hydrogen (secondary N) is 2. The second-order valence-electron chi connectivity index (χ2n) is 15.7. The zero-order valence-electron chi connectivity index (χ0n) is 44.4. The Labute approximate surface area is 440 Å². The zero-order valence-corrected chi connectivity index (χ0v) is 44.4. The number of carbonyl (C=O) groups excluding carboxylic acids is 2. The van der Waals surface area contributed by atoms with Crippen molar-refractivity contribution in [3.63, 3.8) is 0 Å². The van der Waals surface area contributed by atoms with E-state index in [0.29, 0.717) is 192 Å². The van der Waals surface area contributed by atoms with Gasteiger partial charge in [0, 0.05) is 12.5 Å². The van der Waals surface area contributed by atoms with Crippen LogP contribution in [0.5, 0.6) is 11.5 Å². The van der Waals surface area contributed by atoms with Gasteiger partial charge in [0.25, 0.3) is 5.69 Å². The molecule has 1 rings (SSSR count). The van der Waals surface area contributed by atoms with E-state index in [9.17, 15) is 24.5 Å². The van der Waals surface area contributed by atoms with Gasteiger partial charge in [-0.1, -0.05) is 0 Å². The number of nitro benzene ring substituents is 1. The van der Waals surface area contributed by atoms with Gasteiger partial charge < -0.3 is 101 Å². The molecule has 2 unspecified atom stereocenters. The first kappa shape index (κ1) is 68.8. The van der Waals surface area contributed by atoms with Crippen molar-refractivity contribution in [2.45, 2.75) is 45.4 Å². The van der Waals surface area contributed by atoms with Crippen molar-refractivity contribution in [3.8, 4) is 11.5 Å². The normalized spacial score (nSPS) is 12.1. The number of alkyl carbamates (subject to hydrolysis) is 1. The third kappa shape index (κ3) is 43.6. The monoisotopic (exact) mass is 1090 g/mol. The van der Waals surface area contributed by atoms with Gasteiger partial charge in [0.15, 0.2) is 11.5 Å². The molecule has 0 saturated carbocycles. The lowest BCUT2D eigenvalue weighted by Gasteiger charge is -2.15. The minimum Gasteiger partial charge on any atom is -0.493 e. The molecule has 0 aromatic heterocycles. The Bertz CT molecular complexity index is 1550. The van der Waals surface area contributed by atoms with Gasteiger partial charge in [-0.25, -0.2) is 4.79 Å². The molecule has 75 heavy (non-hydrogen) atoms. The Hall–Kier alpha value is -4.17. The number of amides is 2. The van der Waals surface area contributed by atoms with Crippen LogP contribution in [-0.4, -0.2) is 253 Å². The number of carbonyl (C=O) groups is 3.